The molecule has 0 unspecified atom stereocenters. The van der Waals surface area contributed by atoms with Gasteiger partial charge in [-0.1, -0.05) is 0 Å². The van der Waals surface area contributed by atoms with Crippen molar-refractivity contribution in [3.05, 3.63) is 18.2 Å². The Labute approximate surface area is 137 Å². The zero-order valence-corrected chi connectivity index (χ0v) is 14.1. The second-order valence-electron chi connectivity index (χ2n) is 5.80. The molecule has 0 saturated carbocycles. The van der Waals surface area contributed by atoms with Crippen LogP contribution in [0.2, 0.25) is 0 Å². The molecular formula is C17H26N2O4. The molecule has 128 valence electrons. The van der Waals surface area contributed by atoms with Crippen molar-refractivity contribution in [3.63, 3.8) is 0 Å². The maximum absolute atomic E-state index is 12.2. The molecule has 0 aliphatic carbocycles. The predicted molar refractivity (Wildman–Crippen MR) is 89.2 cm³/mol. The van der Waals surface area contributed by atoms with E-state index in [0.29, 0.717) is 37.0 Å². The normalized spacial score (nSPS) is 14.6. The number of hydrogen-bond acceptors (Lipinski definition) is 5. The maximum atomic E-state index is 12.2. The molecule has 0 saturated heterocycles. The van der Waals surface area contributed by atoms with E-state index in [0.717, 1.165) is 13.0 Å². The lowest BCUT2D eigenvalue weighted by Crippen LogP contribution is -2.38. The molecule has 0 spiro atoms. The first-order valence-corrected chi connectivity index (χ1v) is 8.12. The zero-order chi connectivity index (χ0) is 16.7. The lowest BCUT2D eigenvalue weighted by atomic mass is 10.2. The van der Waals surface area contributed by atoms with E-state index in [1.807, 2.05) is 32.9 Å². The van der Waals surface area contributed by atoms with Crippen LogP contribution in [0.3, 0.4) is 0 Å². The van der Waals surface area contributed by atoms with Crippen molar-refractivity contribution in [2.45, 2.75) is 39.3 Å². The fourth-order valence-electron chi connectivity index (χ4n) is 2.17. The largest absolute Gasteiger partial charge is 0.486 e. The van der Waals surface area contributed by atoms with Gasteiger partial charge in [0.15, 0.2) is 11.5 Å². The molecule has 2 rings (SSSR count). The smallest absolute Gasteiger partial charge is 0.241 e. The van der Waals surface area contributed by atoms with Gasteiger partial charge in [-0.05, 0) is 45.9 Å². The van der Waals surface area contributed by atoms with Gasteiger partial charge in [0.25, 0.3) is 0 Å². The van der Waals surface area contributed by atoms with Crippen LogP contribution in [0.15, 0.2) is 18.2 Å². The van der Waals surface area contributed by atoms with Gasteiger partial charge in [-0.3, -0.25) is 4.79 Å². The summed E-state index contributed by atoms with van der Waals surface area (Å²) in [6.45, 7) is 8.38. The van der Waals surface area contributed by atoms with Crippen LogP contribution in [-0.2, 0) is 9.53 Å². The average Bonchev–Trinajstić information content (AvgIpc) is 2.54. The lowest BCUT2D eigenvalue weighted by Gasteiger charge is -2.19. The van der Waals surface area contributed by atoms with Crippen LogP contribution in [-0.4, -0.2) is 44.4 Å². The number of carbonyl (C=O) groups excluding carboxylic acids is 1. The van der Waals surface area contributed by atoms with Gasteiger partial charge in [-0.25, -0.2) is 0 Å². The molecule has 23 heavy (non-hydrogen) atoms. The van der Waals surface area contributed by atoms with E-state index in [4.69, 9.17) is 14.2 Å². The summed E-state index contributed by atoms with van der Waals surface area (Å²) in [5, 5.41) is 6.07. The van der Waals surface area contributed by atoms with Crippen LogP contribution in [0.25, 0.3) is 0 Å². The minimum Gasteiger partial charge on any atom is -0.486 e. The van der Waals surface area contributed by atoms with Crippen molar-refractivity contribution in [2.75, 3.05) is 31.7 Å². The third-order valence-corrected chi connectivity index (χ3v) is 3.43. The predicted octanol–water partition coefficient (Wildman–Crippen LogP) is 2.19. The first kappa shape index (κ1) is 17.6. The van der Waals surface area contributed by atoms with Gasteiger partial charge in [-0.15, -0.1) is 0 Å². The molecule has 1 aromatic rings. The molecule has 1 amide bonds. The van der Waals surface area contributed by atoms with Crippen molar-refractivity contribution in [1.29, 1.82) is 0 Å². The van der Waals surface area contributed by atoms with Crippen LogP contribution in [0.5, 0.6) is 11.5 Å². The summed E-state index contributed by atoms with van der Waals surface area (Å²) in [6, 6.07) is 5.14. The Hall–Kier alpha value is -1.79. The molecule has 0 fully saturated rings. The molecule has 0 aromatic heterocycles. The summed E-state index contributed by atoms with van der Waals surface area (Å²) >= 11 is 0. The highest BCUT2D eigenvalue weighted by Gasteiger charge is 2.15. The Bertz CT molecular complexity index is 519. The number of benzene rings is 1. The van der Waals surface area contributed by atoms with Crippen molar-refractivity contribution in [3.8, 4) is 11.5 Å². The summed E-state index contributed by atoms with van der Waals surface area (Å²) in [6.07, 6.45) is 1.12. The van der Waals surface area contributed by atoms with Crippen molar-refractivity contribution in [2.24, 2.45) is 0 Å². The molecular weight excluding hydrogens is 296 g/mol. The average molecular weight is 322 g/mol. The van der Waals surface area contributed by atoms with E-state index < -0.39 is 0 Å². The molecule has 6 nitrogen and oxygen atoms in total. The third kappa shape index (κ3) is 5.73. The second kappa shape index (κ2) is 8.74. The molecule has 6 heteroatoms. The summed E-state index contributed by atoms with van der Waals surface area (Å²) in [5.41, 5.74) is 0.705. The van der Waals surface area contributed by atoms with Crippen LogP contribution in [0, 0.1) is 0 Å². The fraction of sp³-hybridized carbons (Fsp3) is 0.588. The topological polar surface area (TPSA) is 68.8 Å². The van der Waals surface area contributed by atoms with Gasteiger partial charge in [0, 0.05) is 18.4 Å². The monoisotopic (exact) mass is 322 g/mol. The summed E-state index contributed by atoms with van der Waals surface area (Å²) in [4.78, 5) is 12.2. The number of carbonyl (C=O) groups is 1. The van der Waals surface area contributed by atoms with Crippen LogP contribution < -0.4 is 20.1 Å². The molecule has 0 radical (unpaired) electrons. The number of rotatable bonds is 8. The number of anilines is 1. The Morgan fingerprint density at radius 3 is 2.70 bits per heavy atom. The third-order valence-electron chi connectivity index (χ3n) is 3.43. The van der Waals surface area contributed by atoms with Gasteiger partial charge >= 0.3 is 0 Å². The Kier molecular flexibility index (Phi) is 6.67. The van der Waals surface area contributed by atoms with Crippen molar-refractivity contribution < 1.29 is 19.0 Å². The van der Waals surface area contributed by atoms with Crippen LogP contribution >= 0.6 is 0 Å². The SMILES string of the molecule is CC(C)OCCCN[C@@H](C)C(=O)Nc1ccc2c(c1)OCCO2. The van der Waals surface area contributed by atoms with E-state index in [-0.39, 0.29) is 18.1 Å². The van der Waals surface area contributed by atoms with E-state index in [9.17, 15) is 4.79 Å². The lowest BCUT2D eigenvalue weighted by molar-refractivity contribution is -0.117. The van der Waals surface area contributed by atoms with Crippen LogP contribution in [0.4, 0.5) is 5.69 Å². The minimum absolute atomic E-state index is 0.0774. The highest BCUT2D eigenvalue weighted by Crippen LogP contribution is 2.32. The van der Waals surface area contributed by atoms with E-state index >= 15 is 0 Å². The summed E-state index contributed by atoms with van der Waals surface area (Å²) in [5.74, 6) is 1.30. The highest BCUT2D eigenvalue weighted by molar-refractivity contribution is 5.94. The number of fused-ring (bicyclic) bond motifs is 1. The first-order chi connectivity index (χ1) is 11.1. The Morgan fingerprint density at radius 2 is 1.96 bits per heavy atom. The van der Waals surface area contributed by atoms with Crippen molar-refractivity contribution in [1.82, 2.24) is 5.32 Å². The summed E-state index contributed by atoms with van der Waals surface area (Å²) < 4.78 is 16.4. The van der Waals surface area contributed by atoms with Gasteiger partial charge in [0.1, 0.15) is 13.2 Å². The number of amides is 1. The van der Waals surface area contributed by atoms with Crippen LogP contribution in [0.1, 0.15) is 27.2 Å². The molecule has 1 aliphatic heterocycles. The summed E-state index contributed by atoms with van der Waals surface area (Å²) in [7, 11) is 0. The molecule has 2 N–H and O–H groups in total. The molecule has 0 bridgehead atoms. The highest BCUT2D eigenvalue weighted by atomic mass is 16.6. The van der Waals surface area contributed by atoms with Gasteiger partial charge in [0.2, 0.25) is 5.91 Å². The quantitative estimate of drug-likeness (QED) is 0.718. The standard InChI is InChI=1S/C17H26N2O4/c1-12(2)21-8-4-7-18-13(3)17(20)19-14-5-6-15-16(11-14)23-10-9-22-15/h5-6,11-13,18H,4,7-10H2,1-3H3,(H,19,20)/t13-/m0/s1. The second-order valence-corrected chi connectivity index (χ2v) is 5.80. The number of nitrogens with one attached hydrogen (secondary N) is 2. The molecule has 1 aliphatic rings. The minimum atomic E-state index is -0.276. The first-order valence-electron chi connectivity index (χ1n) is 8.12. The number of ether oxygens (including phenoxy) is 3. The van der Waals surface area contributed by atoms with E-state index in [1.165, 1.54) is 0 Å². The molecule has 1 atom stereocenters. The number of hydrogen-bond donors (Lipinski definition) is 2. The van der Waals surface area contributed by atoms with Gasteiger partial charge < -0.3 is 24.8 Å². The zero-order valence-electron chi connectivity index (χ0n) is 14.1. The molecule has 1 heterocycles. The fourth-order valence-corrected chi connectivity index (χ4v) is 2.17. The van der Waals surface area contributed by atoms with E-state index in [2.05, 4.69) is 10.6 Å². The van der Waals surface area contributed by atoms with E-state index in [1.54, 1.807) is 6.07 Å². The van der Waals surface area contributed by atoms with Crippen molar-refractivity contribution >= 4 is 11.6 Å². The van der Waals surface area contributed by atoms with Gasteiger partial charge in [0.05, 0.1) is 12.1 Å². The Morgan fingerprint density at radius 1 is 1.22 bits per heavy atom. The van der Waals surface area contributed by atoms with Gasteiger partial charge in [-0.2, -0.15) is 0 Å². The molecule has 1 aromatic carbocycles. The maximum Gasteiger partial charge on any atom is 0.241 e. The Balaban J connectivity index is 1.75.